The normalized spacial score (nSPS) is 14.2. The summed E-state index contributed by atoms with van der Waals surface area (Å²) in [6.45, 7) is 0.0174. The molecule has 0 atom stereocenters. The molecule has 16 rings (SSSR count). The highest BCUT2D eigenvalue weighted by Gasteiger charge is 2.52. The molecule has 5 aliphatic heterocycles. The Morgan fingerprint density at radius 3 is 1.75 bits per heavy atom. The summed E-state index contributed by atoms with van der Waals surface area (Å²) in [6, 6.07) is 67.6. The van der Waals surface area contributed by atoms with E-state index in [1.54, 1.807) is 0 Å². The van der Waals surface area contributed by atoms with Crippen LogP contribution in [0.4, 0.5) is 34.1 Å². The van der Waals surface area contributed by atoms with Crippen LogP contribution >= 0.6 is 0 Å². The molecule has 9 aromatic carbocycles. The number of nitrogens with zero attached hydrogens (tertiary/aromatic N) is 4. The Bertz CT molecular complexity index is 3850. The Morgan fingerprint density at radius 1 is 0.361 bits per heavy atom. The first-order chi connectivity index (χ1) is 30.3. The summed E-state index contributed by atoms with van der Waals surface area (Å²) in [5.74, 6) is 1.77. The van der Waals surface area contributed by atoms with Crippen molar-refractivity contribution in [1.82, 2.24) is 9.13 Å². The molecule has 5 aliphatic rings. The molecule has 0 amide bonds. The van der Waals surface area contributed by atoms with Crippen LogP contribution in [0.2, 0.25) is 0 Å². The number of fused-ring (bicyclic) bond motifs is 19. The van der Waals surface area contributed by atoms with E-state index < -0.39 is 0 Å². The zero-order valence-corrected chi connectivity index (χ0v) is 32.7. The maximum Gasteiger partial charge on any atom is 0.252 e. The van der Waals surface area contributed by atoms with E-state index >= 15 is 0 Å². The lowest BCUT2D eigenvalue weighted by Crippen LogP contribution is -2.68. The van der Waals surface area contributed by atoms with Gasteiger partial charge in [-0.3, -0.25) is 0 Å². The van der Waals surface area contributed by atoms with Crippen LogP contribution in [0.25, 0.3) is 55.0 Å². The quantitative estimate of drug-likeness (QED) is 0.156. The fraction of sp³-hybridized carbons (Fsp3) is 0. The monoisotopic (exact) mass is 772 g/mol. The van der Waals surface area contributed by atoms with Crippen molar-refractivity contribution in [2.45, 2.75) is 0 Å². The molecule has 0 N–H and O–H groups in total. The van der Waals surface area contributed by atoms with Gasteiger partial charge in [0.25, 0.3) is 13.4 Å². The van der Waals surface area contributed by atoms with E-state index in [0.29, 0.717) is 0 Å². The fourth-order valence-electron chi connectivity index (χ4n) is 12.3. The van der Waals surface area contributed by atoms with E-state index in [-0.39, 0.29) is 13.4 Å². The van der Waals surface area contributed by atoms with Crippen LogP contribution in [-0.2, 0) is 0 Å². The smallest absolute Gasteiger partial charge is 0.252 e. The molecule has 0 unspecified atom stereocenters. The fourth-order valence-corrected chi connectivity index (χ4v) is 12.3. The van der Waals surface area contributed by atoms with Gasteiger partial charge in [-0.2, -0.15) is 0 Å². The molecule has 0 spiro atoms. The molecular weight excluding hydrogens is 742 g/mol. The van der Waals surface area contributed by atoms with Crippen molar-refractivity contribution in [3.63, 3.8) is 0 Å². The highest BCUT2D eigenvalue weighted by molar-refractivity contribution is 7.05. The van der Waals surface area contributed by atoms with Crippen molar-refractivity contribution >= 4 is 124 Å². The number of aromatic nitrogens is 2. The first-order valence-corrected chi connectivity index (χ1v) is 21.3. The van der Waals surface area contributed by atoms with E-state index in [2.05, 4.69) is 201 Å². The lowest BCUT2D eigenvalue weighted by Gasteiger charge is -2.50. The van der Waals surface area contributed by atoms with Crippen LogP contribution in [0.1, 0.15) is 0 Å². The summed E-state index contributed by atoms with van der Waals surface area (Å²) in [6.07, 6.45) is 0. The van der Waals surface area contributed by atoms with Gasteiger partial charge < -0.3 is 23.7 Å². The van der Waals surface area contributed by atoms with Crippen molar-refractivity contribution in [1.29, 1.82) is 0 Å². The number of benzene rings is 9. The van der Waals surface area contributed by atoms with E-state index in [9.17, 15) is 0 Å². The number of rotatable bonds is 1. The van der Waals surface area contributed by atoms with E-state index in [4.69, 9.17) is 4.74 Å². The molecule has 278 valence electrons. The van der Waals surface area contributed by atoms with Crippen molar-refractivity contribution in [2.24, 2.45) is 0 Å². The van der Waals surface area contributed by atoms with Crippen LogP contribution in [-0.4, -0.2) is 22.6 Å². The number of ether oxygens (including phenoxy) is 1. The van der Waals surface area contributed by atoms with Crippen LogP contribution in [0.3, 0.4) is 0 Å². The second-order valence-corrected chi connectivity index (χ2v) is 17.1. The lowest BCUT2D eigenvalue weighted by atomic mass is 9.29. The molecule has 5 nitrogen and oxygen atoms in total. The zero-order valence-electron chi connectivity index (χ0n) is 32.7. The van der Waals surface area contributed by atoms with Gasteiger partial charge in [-0.05, 0) is 93.4 Å². The predicted octanol–water partition coefficient (Wildman–Crippen LogP) is 9.21. The topological polar surface area (TPSA) is 25.6 Å². The van der Waals surface area contributed by atoms with Crippen molar-refractivity contribution in [2.75, 3.05) is 9.80 Å². The highest BCUT2D eigenvalue weighted by atomic mass is 16.5. The van der Waals surface area contributed by atoms with Crippen LogP contribution < -0.4 is 47.3 Å². The average Bonchev–Trinajstić information content (AvgIpc) is 3.84. The highest BCUT2D eigenvalue weighted by Crippen LogP contribution is 2.54. The van der Waals surface area contributed by atoms with Gasteiger partial charge in [0, 0.05) is 55.7 Å². The van der Waals surface area contributed by atoms with Crippen LogP contribution in [0.15, 0.2) is 182 Å². The average molecular weight is 772 g/mol. The Hall–Kier alpha value is -7.89. The van der Waals surface area contributed by atoms with Crippen molar-refractivity contribution < 1.29 is 4.74 Å². The van der Waals surface area contributed by atoms with Gasteiger partial charge in [-0.15, -0.1) is 0 Å². The summed E-state index contributed by atoms with van der Waals surface area (Å²) < 4.78 is 11.9. The van der Waals surface area contributed by atoms with Crippen molar-refractivity contribution in [3.8, 4) is 22.9 Å². The Morgan fingerprint density at radius 2 is 0.951 bits per heavy atom. The molecule has 61 heavy (non-hydrogen) atoms. The maximum absolute atomic E-state index is 6.77. The standard InChI is InChI=1S/C54H30B2N4O/c1-2-15-31(16-3-1)57-39-22-8-4-17-32(39)34-29-38-53-48(51(34)57)33-18-5-9-23-40(33)58(53)44-30-45-49-54-50(44)56(38)36-20-7-11-25-42(36)59(54)41-24-10-6-19-35(41)55(49)37-21-14-28-47-52(37)60(45)43-26-12-13-27-46(43)61-47/h1-30H. The SMILES string of the molecule is c1ccc(-n2c3ccccc3c3cc4c5c(c6ccccc6n5-c5cc6c7c8c5B4c4ccccc4N8c4ccccc4B7c4cccc5c4N6c4ccccc4O5)c32)cc1. The van der Waals surface area contributed by atoms with Crippen LogP contribution in [0, 0.1) is 0 Å². The lowest BCUT2D eigenvalue weighted by molar-refractivity contribution is 0.477. The minimum atomic E-state index is 0.000851. The van der Waals surface area contributed by atoms with E-state index in [0.717, 1.165) is 22.9 Å². The van der Waals surface area contributed by atoms with Gasteiger partial charge in [-0.1, -0.05) is 121 Å². The Labute approximate surface area is 351 Å². The second kappa shape index (κ2) is 10.6. The minimum Gasteiger partial charge on any atom is -0.453 e. The van der Waals surface area contributed by atoms with E-state index in [1.165, 1.54) is 111 Å². The molecule has 7 heteroatoms. The van der Waals surface area contributed by atoms with Gasteiger partial charge in [0.1, 0.15) is 0 Å². The molecule has 0 bridgehead atoms. The second-order valence-electron chi connectivity index (χ2n) is 17.1. The molecule has 0 saturated heterocycles. The van der Waals surface area contributed by atoms with E-state index in [1.807, 2.05) is 0 Å². The van der Waals surface area contributed by atoms with Gasteiger partial charge in [0.05, 0.1) is 33.4 Å². The molecule has 7 heterocycles. The number of hydrogen-bond acceptors (Lipinski definition) is 3. The maximum atomic E-state index is 6.77. The first-order valence-electron chi connectivity index (χ1n) is 21.3. The molecule has 0 saturated carbocycles. The molecule has 2 aromatic heterocycles. The summed E-state index contributed by atoms with van der Waals surface area (Å²) in [4.78, 5) is 5.13. The third-order valence-electron chi connectivity index (χ3n) is 14.4. The summed E-state index contributed by atoms with van der Waals surface area (Å²) in [5.41, 5.74) is 22.6. The predicted molar refractivity (Wildman–Crippen MR) is 254 cm³/mol. The van der Waals surface area contributed by atoms with Gasteiger partial charge in [0.2, 0.25) is 0 Å². The molecular formula is C54H30B2N4O. The third kappa shape index (κ3) is 3.51. The minimum absolute atomic E-state index is 0.000851. The van der Waals surface area contributed by atoms with Crippen LogP contribution in [0.5, 0.6) is 11.5 Å². The zero-order chi connectivity index (χ0) is 39.2. The summed E-state index contributed by atoms with van der Waals surface area (Å²) >= 11 is 0. The first kappa shape index (κ1) is 31.1. The number of para-hydroxylation sites is 8. The summed E-state index contributed by atoms with van der Waals surface area (Å²) in [7, 11) is 0. The summed E-state index contributed by atoms with van der Waals surface area (Å²) in [5, 5.41) is 5.12. The van der Waals surface area contributed by atoms with Gasteiger partial charge in [-0.25, -0.2) is 0 Å². The number of anilines is 6. The number of hydrogen-bond donors (Lipinski definition) is 0. The largest absolute Gasteiger partial charge is 0.453 e. The van der Waals surface area contributed by atoms with Gasteiger partial charge in [0.15, 0.2) is 11.5 Å². The molecule has 11 aromatic rings. The third-order valence-corrected chi connectivity index (χ3v) is 14.4. The Balaban J connectivity index is 1.15. The molecule has 0 fully saturated rings. The molecule has 0 aliphatic carbocycles. The Kier molecular flexibility index (Phi) is 5.42. The van der Waals surface area contributed by atoms with Crippen molar-refractivity contribution in [3.05, 3.63) is 182 Å². The van der Waals surface area contributed by atoms with Gasteiger partial charge >= 0.3 is 0 Å². The molecule has 0 radical (unpaired) electrons.